The van der Waals surface area contributed by atoms with Crippen LogP contribution in [0, 0.1) is 0 Å². The normalized spacial score (nSPS) is 20.1. The summed E-state index contributed by atoms with van der Waals surface area (Å²) in [4.78, 5) is 5.77. The van der Waals surface area contributed by atoms with E-state index in [1.807, 2.05) is 23.9 Å². The molecule has 1 saturated heterocycles. The average Bonchev–Trinajstić information content (AvgIpc) is 3.09. The third kappa shape index (κ3) is 2.65. The Morgan fingerprint density at radius 2 is 2.44 bits per heavy atom. The molecule has 4 heteroatoms. The lowest BCUT2D eigenvalue weighted by molar-refractivity contribution is 0.393. The van der Waals surface area contributed by atoms with E-state index in [1.54, 1.807) is 0 Å². The molecule has 0 aliphatic carbocycles. The predicted molar refractivity (Wildman–Crippen MR) is 74.8 cm³/mol. The van der Waals surface area contributed by atoms with Gasteiger partial charge in [-0.2, -0.15) is 0 Å². The Hall–Kier alpha value is -1.13. The molecule has 1 N–H and O–H groups in total. The first kappa shape index (κ1) is 11.9. The lowest BCUT2D eigenvalue weighted by atomic mass is 10.0. The predicted octanol–water partition coefficient (Wildman–Crippen LogP) is 3.00. The maximum atomic E-state index is 4.32. The Kier molecular flexibility index (Phi) is 3.76. The standard InChI is InChI=1S/C14H19N3S/c1-2-7-16-13(5-1)14-10-15-11-17(14)8-6-12-4-3-9-18-12/h3-4,9-11,13,16H,1-2,5-8H2. The van der Waals surface area contributed by atoms with Crippen molar-refractivity contribution in [2.45, 2.75) is 38.3 Å². The Morgan fingerprint density at radius 1 is 1.44 bits per heavy atom. The molecule has 1 aliphatic rings. The van der Waals surface area contributed by atoms with Gasteiger partial charge in [-0.25, -0.2) is 4.98 Å². The SMILES string of the molecule is c1csc(CCn2cncc2C2CCCCN2)c1. The van der Waals surface area contributed by atoms with E-state index in [4.69, 9.17) is 0 Å². The molecule has 3 heterocycles. The highest BCUT2D eigenvalue weighted by atomic mass is 32.1. The van der Waals surface area contributed by atoms with Crippen LogP contribution in [-0.2, 0) is 13.0 Å². The molecule has 2 aromatic heterocycles. The first-order chi connectivity index (χ1) is 8.93. The summed E-state index contributed by atoms with van der Waals surface area (Å²) in [6, 6.07) is 4.84. The molecule has 0 saturated carbocycles. The maximum absolute atomic E-state index is 4.32. The van der Waals surface area contributed by atoms with Crippen molar-refractivity contribution in [2.24, 2.45) is 0 Å². The Balaban J connectivity index is 1.67. The summed E-state index contributed by atoms with van der Waals surface area (Å²) in [5.74, 6) is 0. The van der Waals surface area contributed by atoms with Gasteiger partial charge in [0.15, 0.2) is 0 Å². The van der Waals surface area contributed by atoms with E-state index in [9.17, 15) is 0 Å². The maximum Gasteiger partial charge on any atom is 0.0948 e. The highest BCUT2D eigenvalue weighted by Gasteiger charge is 2.18. The van der Waals surface area contributed by atoms with Gasteiger partial charge >= 0.3 is 0 Å². The number of nitrogens with zero attached hydrogens (tertiary/aromatic N) is 2. The van der Waals surface area contributed by atoms with E-state index >= 15 is 0 Å². The number of thiophene rings is 1. The Labute approximate surface area is 112 Å². The van der Waals surface area contributed by atoms with Gasteiger partial charge in [-0.1, -0.05) is 12.5 Å². The molecule has 18 heavy (non-hydrogen) atoms. The molecule has 0 spiro atoms. The molecule has 1 atom stereocenters. The van der Waals surface area contributed by atoms with Crippen molar-refractivity contribution < 1.29 is 0 Å². The van der Waals surface area contributed by atoms with Crippen LogP contribution < -0.4 is 5.32 Å². The largest absolute Gasteiger partial charge is 0.333 e. The van der Waals surface area contributed by atoms with Crippen LogP contribution in [0.25, 0.3) is 0 Å². The first-order valence-electron chi connectivity index (χ1n) is 6.69. The van der Waals surface area contributed by atoms with Crippen LogP contribution in [0.5, 0.6) is 0 Å². The number of aromatic nitrogens is 2. The average molecular weight is 261 g/mol. The second kappa shape index (κ2) is 5.67. The summed E-state index contributed by atoms with van der Waals surface area (Å²) in [7, 11) is 0. The second-order valence-electron chi connectivity index (χ2n) is 4.84. The first-order valence-corrected chi connectivity index (χ1v) is 7.57. The van der Waals surface area contributed by atoms with Gasteiger partial charge in [0, 0.05) is 23.7 Å². The smallest absolute Gasteiger partial charge is 0.0948 e. The van der Waals surface area contributed by atoms with Crippen molar-refractivity contribution in [1.82, 2.24) is 14.9 Å². The van der Waals surface area contributed by atoms with Crippen molar-refractivity contribution >= 4 is 11.3 Å². The molecule has 0 aromatic carbocycles. The van der Waals surface area contributed by atoms with Crippen molar-refractivity contribution in [3.63, 3.8) is 0 Å². The second-order valence-corrected chi connectivity index (χ2v) is 5.88. The fourth-order valence-electron chi connectivity index (χ4n) is 2.60. The third-order valence-corrected chi connectivity index (χ3v) is 4.53. The van der Waals surface area contributed by atoms with E-state index < -0.39 is 0 Å². The van der Waals surface area contributed by atoms with Crippen molar-refractivity contribution in [3.05, 3.63) is 40.6 Å². The zero-order valence-corrected chi connectivity index (χ0v) is 11.3. The molecule has 2 aromatic rings. The van der Waals surface area contributed by atoms with Gasteiger partial charge in [-0.05, 0) is 37.3 Å². The summed E-state index contributed by atoms with van der Waals surface area (Å²) in [6.45, 7) is 2.18. The van der Waals surface area contributed by atoms with E-state index in [2.05, 4.69) is 32.4 Å². The molecule has 1 unspecified atom stereocenters. The van der Waals surface area contributed by atoms with Gasteiger partial charge in [0.05, 0.1) is 12.0 Å². The van der Waals surface area contributed by atoms with E-state index in [1.165, 1.54) is 29.8 Å². The highest BCUT2D eigenvalue weighted by Crippen LogP contribution is 2.23. The third-order valence-electron chi connectivity index (χ3n) is 3.59. The van der Waals surface area contributed by atoms with Crippen LogP contribution in [0.3, 0.4) is 0 Å². The molecule has 0 radical (unpaired) electrons. The molecular weight excluding hydrogens is 242 g/mol. The van der Waals surface area contributed by atoms with Crippen LogP contribution in [-0.4, -0.2) is 16.1 Å². The molecular formula is C14H19N3S. The van der Waals surface area contributed by atoms with Crippen LogP contribution in [0.15, 0.2) is 30.0 Å². The van der Waals surface area contributed by atoms with Crippen molar-refractivity contribution in [1.29, 1.82) is 0 Å². The number of rotatable bonds is 4. The molecule has 0 bridgehead atoms. The van der Waals surface area contributed by atoms with Crippen LogP contribution in [0.2, 0.25) is 0 Å². The number of nitrogens with one attached hydrogen (secondary N) is 1. The minimum atomic E-state index is 0.504. The minimum Gasteiger partial charge on any atom is -0.333 e. The van der Waals surface area contributed by atoms with Gasteiger partial charge in [0.25, 0.3) is 0 Å². The topological polar surface area (TPSA) is 29.9 Å². The van der Waals surface area contributed by atoms with Gasteiger partial charge in [0.1, 0.15) is 0 Å². The molecule has 3 nitrogen and oxygen atoms in total. The van der Waals surface area contributed by atoms with Crippen LogP contribution >= 0.6 is 11.3 Å². The number of hydrogen-bond acceptors (Lipinski definition) is 3. The number of piperidine rings is 1. The summed E-state index contributed by atoms with van der Waals surface area (Å²) in [5, 5.41) is 5.74. The fourth-order valence-corrected chi connectivity index (χ4v) is 3.30. The highest BCUT2D eigenvalue weighted by molar-refractivity contribution is 7.09. The lowest BCUT2D eigenvalue weighted by Crippen LogP contribution is -2.28. The molecule has 3 rings (SSSR count). The molecule has 0 amide bonds. The fraction of sp³-hybridized carbons (Fsp3) is 0.500. The molecule has 1 aliphatic heterocycles. The quantitative estimate of drug-likeness (QED) is 0.917. The monoisotopic (exact) mass is 261 g/mol. The molecule has 96 valence electrons. The van der Waals surface area contributed by atoms with Crippen LogP contribution in [0.4, 0.5) is 0 Å². The zero-order valence-electron chi connectivity index (χ0n) is 10.5. The Morgan fingerprint density at radius 3 is 3.22 bits per heavy atom. The van der Waals surface area contributed by atoms with Crippen molar-refractivity contribution in [3.8, 4) is 0 Å². The van der Waals surface area contributed by atoms with E-state index in [0.717, 1.165) is 19.5 Å². The summed E-state index contributed by atoms with van der Waals surface area (Å²) >= 11 is 1.84. The number of aryl methyl sites for hydroxylation is 2. The van der Waals surface area contributed by atoms with Gasteiger partial charge in [-0.3, -0.25) is 0 Å². The lowest BCUT2D eigenvalue weighted by Gasteiger charge is -2.24. The van der Waals surface area contributed by atoms with Gasteiger partial charge in [-0.15, -0.1) is 11.3 Å². The summed E-state index contributed by atoms with van der Waals surface area (Å²) in [5.41, 5.74) is 1.35. The minimum absolute atomic E-state index is 0.504. The number of hydrogen-bond donors (Lipinski definition) is 1. The van der Waals surface area contributed by atoms with E-state index in [-0.39, 0.29) is 0 Å². The molecule has 1 fully saturated rings. The van der Waals surface area contributed by atoms with Gasteiger partial charge < -0.3 is 9.88 Å². The van der Waals surface area contributed by atoms with Crippen LogP contribution in [0.1, 0.15) is 35.9 Å². The Bertz CT molecular complexity index is 469. The van der Waals surface area contributed by atoms with Crippen molar-refractivity contribution in [2.75, 3.05) is 6.54 Å². The summed E-state index contributed by atoms with van der Waals surface area (Å²) in [6.07, 6.45) is 8.97. The van der Waals surface area contributed by atoms with E-state index in [0.29, 0.717) is 6.04 Å². The summed E-state index contributed by atoms with van der Waals surface area (Å²) < 4.78 is 2.31. The zero-order chi connectivity index (χ0) is 12.2. The number of imidazole rings is 1. The van der Waals surface area contributed by atoms with Gasteiger partial charge in [0.2, 0.25) is 0 Å².